The van der Waals surface area contributed by atoms with Gasteiger partial charge in [0.25, 0.3) is 0 Å². The summed E-state index contributed by atoms with van der Waals surface area (Å²) in [4.78, 5) is 36.3. The molecule has 2 heterocycles. The van der Waals surface area contributed by atoms with E-state index in [0.717, 1.165) is 50.7 Å². The number of anilines is 1. The average molecular weight is 412 g/mol. The first kappa shape index (κ1) is 21.5. The van der Waals surface area contributed by atoms with Gasteiger partial charge in [0, 0.05) is 57.2 Å². The van der Waals surface area contributed by atoms with Crippen LogP contribution in [0.3, 0.4) is 0 Å². The second-order valence-corrected chi connectivity index (χ2v) is 7.23. The fourth-order valence-corrected chi connectivity index (χ4v) is 3.39. The van der Waals surface area contributed by atoms with Gasteiger partial charge in [-0.25, -0.2) is 14.8 Å². The largest absolute Gasteiger partial charge is 0.366 e. The number of carbonyl (C=O) groups excluding carboxylic acids is 2. The number of piperazine rings is 1. The molecule has 0 radical (unpaired) electrons. The van der Waals surface area contributed by atoms with Crippen LogP contribution in [0.25, 0.3) is 0 Å². The molecule has 0 spiro atoms. The molecule has 1 aromatic heterocycles. The third kappa shape index (κ3) is 6.70. The highest BCUT2D eigenvalue weighted by atomic mass is 16.2. The van der Waals surface area contributed by atoms with E-state index >= 15 is 0 Å². The molecule has 30 heavy (non-hydrogen) atoms. The van der Waals surface area contributed by atoms with Crippen molar-refractivity contribution in [2.75, 3.05) is 50.7 Å². The van der Waals surface area contributed by atoms with E-state index in [2.05, 4.69) is 30.4 Å². The summed E-state index contributed by atoms with van der Waals surface area (Å²) in [6.45, 7) is 5.83. The number of benzene rings is 1. The van der Waals surface area contributed by atoms with E-state index in [4.69, 9.17) is 5.73 Å². The molecule has 2 aromatic rings. The van der Waals surface area contributed by atoms with Gasteiger partial charge in [-0.2, -0.15) is 0 Å². The third-order valence-electron chi connectivity index (χ3n) is 5.05. The molecule has 0 atom stereocenters. The molecule has 9 nitrogen and oxygen atoms in total. The summed E-state index contributed by atoms with van der Waals surface area (Å²) < 4.78 is 0. The Hall–Kier alpha value is -3.20. The highest BCUT2D eigenvalue weighted by molar-refractivity contribution is 5.92. The summed E-state index contributed by atoms with van der Waals surface area (Å²) in [5, 5.41) is 5.73. The van der Waals surface area contributed by atoms with Crippen LogP contribution in [0.15, 0.2) is 42.7 Å². The first-order valence-corrected chi connectivity index (χ1v) is 10.3. The van der Waals surface area contributed by atoms with Crippen LogP contribution >= 0.6 is 0 Å². The minimum absolute atomic E-state index is 0.174. The van der Waals surface area contributed by atoms with Gasteiger partial charge in [0.15, 0.2) is 0 Å². The van der Waals surface area contributed by atoms with Gasteiger partial charge in [-0.3, -0.25) is 9.69 Å². The van der Waals surface area contributed by atoms with Crippen LogP contribution in [0.1, 0.15) is 22.3 Å². The highest BCUT2D eigenvalue weighted by Crippen LogP contribution is 2.09. The van der Waals surface area contributed by atoms with Crippen molar-refractivity contribution in [3.05, 3.63) is 53.9 Å². The normalized spacial score (nSPS) is 14.3. The standard InChI is InChI=1S/C21H29N7O2/c22-19(29)18-5-1-4-17(16-18)6-10-26-21(30)25-9-3-11-27-12-14-28(15-13-27)20-23-7-2-8-24-20/h1-2,4-5,7-8,16H,3,6,9-15H2,(H2,22,29)(H2,25,26,30). The maximum Gasteiger partial charge on any atom is 0.314 e. The fraction of sp³-hybridized carbons (Fsp3) is 0.429. The van der Waals surface area contributed by atoms with Gasteiger partial charge >= 0.3 is 6.03 Å². The Morgan fingerprint density at radius 3 is 2.47 bits per heavy atom. The molecule has 160 valence electrons. The monoisotopic (exact) mass is 411 g/mol. The van der Waals surface area contributed by atoms with Gasteiger partial charge in [-0.1, -0.05) is 12.1 Å². The predicted octanol–water partition coefficient (Wildman–Crippen LogP) is 0.630. The molecule has 1 saturated heterocycles. The number of primary amides is 1. The molecule has 3 amide bonds. The molecular weight excluding hydrogens is 382 g/mol. The van der Waals surface area contributed by atoms with E-state index < -0.39 is 5.91 Å². The van der Waals surface area contributed by atoms with Crippen LogP contribution in [0.5, 0.6) is 0 Å². The van der Waals surface area contributed by atoms with E-state index in [-0.39, 0.29) is 6.03 Å². The summed E-state index contributed by atoms with van der Waals surface area (Å²) in [5.74, 6) is 0.342. The van der Waals surface area contributed by atoms with Crippen LogP contribution < -0.4 is 21.3 Å². The van der Waals surface area contributed by atoms with Gasteiger partial charge in [0.05, 0.1) is 0 Å². The van der Waals surface area contributed by atoms with Crippen LogP contribution in [-0.2, 0) is 6.42 Å². The molecule has 0 saturated carbocycles. The van der Waals surface area contributed by atoms with E-state index in [1.807, 2.05) is 12.1 Å². The number of nitrogens with one attached hydrogen (secondary N) is 2. The van der Waals surface area contributed by atoms with Crippen molar-refractivity contribution in [2.45, 2.75) is 12.8 Å². The number of aromatic nitrogens is 2. The minimum atomic E-state index is -0.447. The Balaban J connectivity index is 1.25. The summed E-state index contributed by atoms with van der Waals surface area (Å²) in [5.41, 5.74) is 6.73. The van der Waals surface area contributed by atoms with Crippen molar-refractivity contribution in [3.8, 4) is 0 Å². The van der Waals surface area contributed by atoms with Crippen LogP contribution in [0.4, 0.5) is 10.7 Å². The van der Waals surface area contributed by atoms with Gasteiger partial charge in [-0.05, 0) is 43.1 Å². The number of amides is 3. The minimum Gasteiger partial charge on any atom is -0.366 e. The summed E-state index contributed by atoms with van der Waals surface area (Å²) in [6, 6.07) is 8.79. The quantitative estimate of drug-likeness (QED) is 0.521. The van der Waals surface area contributed by atoms with Gasteiger partial charge in [-0.15, -0.1) is 0 Å². The number of hydrogen-bond donors (Lipinski definition) is 3. The average Bonchev–Trinajstić information content (AvgIpc) is 2.78. The number of nitrogens with two attached hydrogens (primary N) is 1. The van der Waals surface area contributed by atoms with Crippen molar-refractivity contribution in [1.29, 1.82) is 0 Å². The molecule has 0 aliphatic carbocycles. The summed E-state index contributed by atoms with van der Waals surface area (Å²) in [7, 11) is 0. The number of hydrogen-bond acceptors (Lipinski definition) is 6. The smallest absolute Gasteiger partial charge is 0.314 e. The molecule has 1 aromatic carbocycles. The topological polar surface area (TPSA) is 116 Å². The summed E-state index contributed by atoms with van der Waals surface area (Å²) >= 11 is 0. The Morgan fingerprint density at radius 2 is 1.73 bits per heavy atom. The molecule has 1 aliphatic heterocycles. The molecule has 1 fully saturated rings. The zero-order valence-corrected chi connectivity index (χ0v) is 17.1. The zero-order chi connectivity index (χ0) is 21.2. The maximum absolute atomic E-state index is 11.9. The number of nitrogens with zero attached hydrogens (tertiary/aromatic N) is 4. The Kier molecular flexibility index (Phi) is 7.96. The van der Waals surface area contributed by atoms with E-state index in [1.54, 1.807) is 30.6 Å². The Morgan fingerprint density at radius 1 is 1.00 bits per heavy atom. The predicted molar refractivity (Wildman–Crippen MR) is 115 cm³/mol. The lowest BCUT2D eigenvalue weighted by Crippen LogP contribution is -2.47. The van der Waals surface area contributed by atoms with E-state index in [9.17, 15) is 9.59 Å². The van der Waals surface area contributed by atoms with Crippen molar-refractivity contribution in [2.24, 2.45) is 5.73 Å². The van der Waals surface area contributed by atoms with Gasteiger partial charge in [0.1, 0.15) is 0 Å². The second kappa shape index (κ2) is 11.1. The van der Waals surface area contributed by atoms with Crippen LogP contribution in [0.2, 0.25) is 0 Å². The van der Waals surface area contributed by atoms with Gasteiger partial charge < -0.3 is 21.3 Å². The fourth-order valence-electron chi connectivity index (χ4n) is 3.39. The maximum atomic E-state index is 11.9. The van der Waals surface area contributed by atoms with Crippen molar-refractivity contribution >= 4 is 17.9 Å². The third-order valence-corrected chi connectivity index (χ3v) is 5.05. The first-order chi connectivity index (χ1) is 14.6. The molecule has 0 unspecified atom stereocenters. The molecule has 1 aliphatic rings. The lowest BCUT2D eigenvalue weighted by molar-refractivity contribution is 0.1000. The molecule has 9 heteroatoms. The second-order valence-electron chi connectivity index (χ2n) is 7.23. The van der Waals surface area contributed by atoms with Crippen molar-refractivity contribution < 1.29 is 9.59 Å². The van der Waals surface area contributed by atoms with Gasteiger partial charge in [0.2, 0.25) is 11.9 Å². The molecule has 0 bridgehead atoms. The molecule has 3 rings (SSSR count). The number of rotatable bonds is 9. The lowest BCUT2D eigenvalue weighted by atomic mass is 10.1. The van der Waals surface area contributed by atoms with Crippen LogP contribution in [-0.4, -0.2) is 72.6 Å². The van der Waals surface area contributed by atoms with E-state index in [0.29, 0.717) is 25.1 Å². The summed E-state index contributed by atoms with van der Waals surface area (Å²) in [6.07, 6.45) is 5.08. The Bertz CT molecular complexity index is 823. The zero-order valence-electron chi connectivity index (χ0n) is 17.1. The SMILES string of the molecule is NC(=O)c1cccc(CCNC(=O)NCCCN2CCN(c3ncccn3)CC2)c1. The van der Waals surface area contributed by atoms with Crippen molar-refractivity contribution in [3.63, 3.8) is 0 Å². The molecule has 4 N–H and O–H groups in total. The molecular formula is C21H29N7O2. The van der Waals surface area contributed by atoms with E-state index in [1.165, 1.54) is 0 Å². The first-order valence-electron chi connectivity index (χ1n) is 10.3. The Labute approximate surface area is 176 Å². The lowest BCUT2D eigenvalue weighted by Gasteiger charge is -2.34. The van der Waals surface area contributed by atoms with Crippen LogP contribution in [0, 0.1) is 0 Å². The number of urea groups is 1. The highest BCUT2D eigenvalue weighted by Gasteiger charge is 2.18. The van der Waals surface area contributed by atoms with Crippen molar-refractivity contribution in [1.82, 2.24) is 25.5 Å². The number of carbonyl (C=O) groups is 2.